The summed E-state index contributed by atoms with van der Waals surface area (Å²) in [5, 5.41) is 5.34. The molecular weight excluding hydrogens is 440 g/mol. The minimum absolute atomic E-state index is 0.262. The number of ketones is 1. The lowest BCUT2D eigenvalue weighted by molar-refractivity contribution is -0.143. The third-order valence-corrected chi connectivity index (χ3v) is 6.28. The van der Waals surface area contributed by atoms with Gasteiger partial charge in [0, 0.05) is 6.54 Å². The zero-order chi connectivity index (χ0) is 25.8. The SMILES string of the molecule is CC(C)(C)OC(=O)N[C@H](C(=O)N1CCC[C@H]1C(=O)NC(CC1CCC1)C(=O)C(N)=O)C(C)(C)C. The molecule has 0 aromatic heterocycles. The lowest BCUT2D eigenvalue weighted by atomic mass is 9.80. The highest BCUT2D eigenvalue weighted by molar-refractivity contribution is 6.37. The van der Waals surface area contributed by atoms with Gasteiger partial charge in [0.05, 0.1) is 6.04 Å². The van der Waals surface area contributed by atoms with Crippen molar-refractivity contribution in [2.75, 3.05) is 6.54 Å². The summed E-state index contributed by atoms with van der Waals surface area (Å²) >= 11 is 0. The van der Waals surface area contributed by atoms with Crippen LogP contribution in [0.2, 0.25) is 0 Å². The summed E-state index contributed by atoms with van der Waals surface area (Å²) in [5.74, 6) is -2.53. The van der Waals surface area contributed by atoms with Crippen LogP contribution in [0.3, 0.4) is 0 Å². The van der Waals surface area contributed by atoms with Crippen LogP contribution in [0, 0.1) is 11.3 Å². The zero-order valence-electron chi connectivity index (χ0n) is 21.2. The summed E-state index contributed by atoms with van der Waals surface area (Å²) in [4.78, 5) is 64.3. The molecule has 1 aliphatic carbocycles. The maximum atomic E-state index is 13.5. The summed E-state index contributed by atoms with van der Waals surface area (Å²) in [6.45, 7) is 11.0. The highest BCUT2D eigenvalue weighted by Gasteiger charge is 2.43. The predicted octanol–water partition coefficient (Wildman–Crippen LogP) is 1.65. The van der Waals surface area contributed by atoms with Gasteiger partial charge >= 0.3 is 6.09 Å². The fourth-order valence-electron chi connectivity index (χ4n) is 4.28. The minimum Gasteiger partial charge on any atom is -0.444 e. The lowest BCUT2D eigenvalue weighted by Crippen LogP contribution is -2.59. The molecule has 34 heavy (non-hydrogen) atoms. The molecule has 0 aromatic carbocycles. The van der Waals surface area contributed by atoms with E-state index in [0.29, 0.717) is 25.8 Å². The highest BCUT2D eigenvalue weighted by atomic mass is 16.6. The van der Waals surface area contributed by atoms with E-state index in [0.717, 1.165) is 19.3 Å². The van der Waals surface area contributed by atoms with Crippen LogP contribution in [0.5, 0.6) is 0 Å². The number of amides is 4. The van der Waals surface area contributed by atoms with Gasteiger partial charge in [0.2, 0.25) is 17.6 Å². The van der Waals surface area contributed by atoms with Crippen molar-refractivity contribution >= 4 is 29.6 Å². The number of rotatable bonds is 8. The summed E-state index contributed by atoms with van der Waals surface area (Å²) in [7, 11) is 0. The molecule has 4 N–H and O–H groups in total. The van der Waals surface area contributed by atoms with E-state index in [1.54, 1.807) is 20.8 Å². The summed E-state index contributed by atoms with van der Waals surface area (Å²) in [5.41, 5.74) is 3.82. The zero-order valence-corrected chi connectivity index (χ0v) is 21.2. The molecule has 192 valence electrons. The van der Waals surface area contributed by atoms with Gasteiger partial charge in [-0.25, -0.2) is 4.79 Å². The average Bonchev–Trinajstić information content (AvgIpc) is 3.14. The fourth-order valence-corrected chi connectivity index (χ4v) is 4.28. The summed E-state index contributed by atoms with van der Waals surface area (Å²) < 4.78 is 5.32. The summed E-state index contributed by atoms with van der Waals surface area (Å²) in [6.07, 6.45) is 3.60. The Hall–Kier alpha value is -2.65. The molecular formula is C24H40N4O6. The summed E-state index contributed by atoms with van der Waals surface area (Å²) in [6, 6.07) is -2.72. The molecule has 2 aliphatic rings. The van der Waals surface area contributed by atoms with Crippen molar-refractivity contribution in [1.29, 1.82) is 0 Å². The smallest absolute Gasteiger partial charge is 0.408 e. The quantitative estimate of drug-likeness (QED) is 0.450. The molecule has 0 spiro atoms. The van der Waals surface area contributed by atoms with Gasteiger partial charge in [-0.3, -0.25) is 19.2 Å². The van der Waals surface area contributed by atoms with Gasteiger partial charge in [0.1, 0.15) is 17.7 Å². The Morgan fingerprint density at radius 1 is 0.971 bits per heavy atom. The van der Waals surface area contributed by atoms with Crippen LogP contribution in [-0.4, -0.2) is 64.8 Å². The standard InChI is InChI=1S/C24H40N4O6/c1-23(2,3)18(27-22(33)34-24(4,5)6)21(32)28-12-8-11-16(28)20(31)26-15(17(29)19(25)30)13-14-9-7-10-14/h14-16,18H,7-13H2,1-6H3,(H2,25,30)(H,26,31)(H,27,33)/t15?,16-,18+/m0/s1. The first-order chi connectivity index (χ1) is 15.6. The van der Waals surface area contributed by atoms with E-state index in [1.165, 1.54) is 4.90 Å². The van der Waals surface area contributed by atoms with Crippen molar-refractivity contribution in [2.45, 2.75) is 104 Å². The van der Waals surface area contributed by atoms with Crippen molar-refractivity contribution in [3.05, 3.63) is 0 Å². The van der Waals surface area contributed by atoms with Crippen LogP contribution in [-0.2, 0) is 23.9 Å². The van der Waals surface area contributed by atoms with E-state index in [2.05, 4.69) is 10.6 Å². The molecule has 4 amide bonds. The average molecular weight is 481 g/mol. The van der Waals surface area contributed by atoms with Crippen molar-refractivity contribution in [1.82, 2.24) is 15.5 Å². The number of hydrogen-bond acceptors (Lipinski definition) is 6. The van der Waals surface area contributed by atoms with E-state index < -0.39 is 58.7 Å². The van der Waals surface area contributed by atoms with Gasteiger partial charge in [-0.05, 0) is 51.4 Å². The number of primary amides is 1. The second-order valence-corrected chi connectivity index (χ2v) is 11.5. The fraction of sp³-hybridized carbons (Fsp3) is 0.792. The number of nitrogens with zero attached hydrogens (tertiary/aromatic N) is 1. The first kappa shape index (κ1) is 27.6. The largest absolute Gasteiger partial charge is 0.444 e. The van der Waals surface area contributed by atoms with Crippen LogP contribution in [0.4, 0.5) is 4.79 Å². The maximum absolute atomic E-state index is 13.5. The number of ether oxygens (including phenoxy) is 1. The Morgan fingerprint density at radius 3 is 2.06 bits per heavy atom. The number of likely N-dealkylation sites (tertiary alicyclic amines) is 1. The molecule has 1 aliphatic heterocycles. The van der Waals surface area contributed by atoms with E-state index >= 15 is 0 Å². The maximum Gasteiger partial charge on any atom is 0.408 e. The molecule has 1 saturated carbocycles. The Bertz CT molecular complexity index is 809. The molecule has 3 atom stereocenters. The predicted molar refractivity (Wildman–Crippen MR) is 125 cm³/mol. The van der Waals surface area contributed by atoms with Gasteiger partial charge < -0.3 is 26.0 Å². The Balaban J connectivity index is 2.15. The van der Waals surface area contributed by atoms with Crippen LogP contribution in [0.15, 0.2) is 0 Å². The van der Waals surface area contributed by atoms with Crippen molar-refractivity contribution in [3.63, 3.8) is 0 Å². The number of carbonyl (C=O) groups excluding carboxylic acids is 5. The van der Waals surface area contributed by atoms with Gasteiger partial charge in [-0.1, -0.05) is 40.0 Å². The first-order valence-corrected chi connectivity index (χ1v) is 12.0. The Morgan fingerprint density at radius 2 is 1.59 bits per heavy atom. The van der Waals surface area contributed by atoms with E-state index in [4.69, 9.17) is 10.5 Å². The van der Waals surface area contributed by atoms with E-state index in [1.807, 2.05) is 20.8 Å². The molecule has 10 nitrogen and oxygen atoms in total. The Kier molecular flexibility index (Phi) is 8.71. The normalized spacial score (nSPS) is 20.6. The van der Waals surface area contributed by atoms with Crippen LogP contribution >= 0.6 is 0 Å². The number of carbonyl (C=O) groups is 5. The molecule has 2 rings (SSSR count). The van der Waals surface area contributed by atoms with Crippen molar-refractivity contribution < 1.29 is 28.7 Å². The van der Waals surface area contributed by atoms with Gasteiger partial charge in [-0.2, -0.15) is 0 Å². The third kappa shape index (κ3) is 7.43. The van der Waals surface area contributed by atoms with Crippen molar-refractivity contribution in [3.8, 4) is 0 Å². The molecule has 10 heteroatoms. The first-order valence-electron chi connectivity index (χ1n) is 12.0. The monoisotopic (exact) mass is 480 g/mol. The van der Waals surface area contributed by atoms with Crippen molar-refractivity contribution in [2.24, 2.45) is 17.1 Å². The second-order valence-electron chi connectivity index (χ2n) is 11.5. The van der Waals surface area contributed by atoms with Crippen LogP contribution in [0.25, 0.3) is 0 Å². The van der Waals surface area contributed by atoms with Gasteiger partial charge in [0.25, 0.3) is 5.91 Å². The molecule has 0 radical (unpaired) electrons. The number of alkyl carbamates (subject to hydrolysis) is 1. The molecule has 1 saturated heterocycles. The molecule has 0 aromatic rings. The lowest BCUT2D eigenvalue weighted by Gasteiger charge is -2.36. The number of nitrogens with two attached hydrogens (primary N) is 1. The molecule has 1 unspecified atom stereocenters. The van der Waals surface area contributed by atoms with Gasteiger partial charge in [-0.15, -0.1) is 0 Å². The number of Topliss-reactive ketones (excluding diaryl/α,β-unsaturated/α-hetero) is 1. The molecule has 1 heterocycles. The topological polar surface area (TPSA) is 148 Å². The van der Waals surface area contributed by atoms with E-state index in [-0.39, 0.29) is 5.92 Å². The number of nitrogens with one attached hydrogen (secondary N) is 2. The third-order valence-electron chi connectivity index (χ3n) is 6.28. The van der Waals surface area contributed by atoms with Gasteiger partial charge in [0.15, 0.2) is 0 Å². The van der Waals surface area contributed by atoms with Crippen LogP contribution < -0.4 is 16.4 Å². The molecule has 0 bridgehead atoms. The Labute approximate surface area is 201 Å². The van der Waals surface area contributed by atoms with Crippen LogP contribution in [0.1, 0.15) is 80.1 Å². The van der Waals surface area contributed by atoms with E-state index in [9.17, 15) is 24.0 Å². The molecule has 2 fully saturated rings. The minimum atomic E-state index is -1.08. The highest BCUT2D eigenvalue weighted by Crippen LogP contribution is 2.31. The number of hydrogen-bond donors (Lipinski definition) is 3. The second kappa shape index (κ2) is 10.7.